The molecule has 0 bridgehead atoms. The Hall–Kier alpha value is -1.32. The van der Waals surface area contributed by atoms with Crippen LogP contribution in [0.3, 0.4) is 0 Å². The molecule has 0 radical (unpaired) electrons. The fourth-order valence-corrected chi connectivity index (χ4v) is 3.51. The lowest BCUT2D eigenvalue weighted by Crippen LogP contribution is -2.42. The van der Waals surface area contributed by atoms with E-state index in [-0.39, 0.29) is 5.54 Å². The second-order valence-corrected chi connectivity index (χ2v) is 6.75. The molecule has 1 unspecified atom stereocenters. The molecule has 0 saturated heterocycles. The van der Waals surface area contributed by atoms with Crippen LogP contribution in [0.5, 0.6) is 5.75 Å². The van der Waals surface area contributed by atoms with Gasteiger partial charge in [-0.15, -0.1) is 0 Å². The molecule has 0 fully saturated rings. The highest BCUT2D eigenvalue weighted by molar-refractivity contribution is 9.10. The van der Waals surface area contributed by atoms with Crippen LogP contribution in [0.2, 0.25) is 0 Å². The van der Waals surface area contributed by atoms with Crippen LogP contribution in [0, 0.1) is 0 Å². The number of halogens is 1. The molecule has 0 aromatic heterocycles. The van der Waals surface area contributed by atoms with E-state index in [1.54, 1.807) is 7.11 Å². The van der Waals surface area contributed by atoms with Gasteiger partial charge in [-0.1, -0.05) is 34.1 Å². The zero-order valence-electron chi connectivity index (χ0n) is 12.2. The smallest absolute Gasteiger partial charge is 0.119 e. The lowest BCUT2D eigenvalue weighted by molar-refractivity contribution is 0.363. The molecular formula is C18H20BrNO. The van der Waals surface area contributed by atoms with E-state index >= 15 is 0 Å². The van der Waals surface area contributed by atoms with Gasteiger partial charge < -0.3 is 10.5 Å². The fourth-order valence-electron chi connectivity index (χ4n) is 3.24. The first-order chi connectivity index (χ1) is 10.1. The second-order valence-electron chi connectivity index (χ2n) is 5.84. The Morgan fingerprint density at radius 1 is 1.19 bits per heavy atom. The zero-order valence-corrected chi connectivity index (χ0v) is 13.8. The van der Waals surface area contributed by atoms with Crippen molar-refractivity contribution in [1.29, 1.82) is 0 Å². The predicted octanol–water partition coefficient (Wildman–Crippen LogP) is 4.19. The number of ether oxygens (including phenoxy) is 1. The van der Waals surface area contributed by atoms with Crippen molar-refractivity contribution in [1.82, 2.24) is 0 Å². The van der Waals surface area contributed by atoms with Gasteiger partial charge in [-0.2, -0.15) is 0 Å². The van der Waals surface area contributed by atoms with Gasteiger partial charge in [0.05, 0.1) is 7.11 Å². The van der Waals surface area contributed by atoms with E-state index in [2.05, 4.69) is 52.3 Å². The number of rotatable bonds is 3. The summed E-state index contributed by atoms with van der Waals surface area (Å²) in [5, 5.41) is 0. The third-order valence-electron chi connectivity index (χ3n) is 4.36. The molecule has 2 N–H and O–H groups in total. The Morgan fingerprint density at radius 2 is 1.95 bits per heavy atom. The van der Waals surface area contributed by atoms with Gasteiger partial charge in [0.1, 0.15) is 5.75 Å². The highest BCUT2D eigenvalue weighted by Crippen LogP contribution is 2.37. The summed E-state index contributed by atoms with van der Waals surface area (Å²) in [6, 6.07) is 14.8. The zero-order chi connectivity index (χ0) is 14.9. The van der Waals surface area contributed by atoms with Crippen molar-refractivity contribution >= 4 is 15.9 Å². The molecule has 3 heteroatoms. The first-order valence-electron chi connectivity index (χ1n) is 7.31. The summed E-state index contributed by atoms with van der Waals surface area (Å²) in [5.41, 5.74) is 10.4. The molecule has 2 aromatic carbocycles. The van der Waals surface area contributed by atoms with Crippen LogP contribution in [0.4, 0.5) is 0 Å². The van der Waals surface area contributed by atoms with Gasteiger partial charge in [0.15, 0.2) is 0 Å². The molecule has 0 spiro atoms. The van der Waals surface area contributed by atoms with Crippen LogP contribution in [0.25, 0.3) is 0 Å². The summed E-state index contributed by atoms with van der Waals surface area (Å²) in [5.74, 6) is 0.890. The van der Waals surface area contributed by atoms with Crippen LogP contribution >= 0.6 is 15.9 Å². The van der Waals surface area contributed by atoms with Crippen molar-refractivity contribution in [2.24, 2.45) is 5.73 Å². The van der Waals surface area contributed by atoms with Gasteiger partial charge in [0.25, 0.3) is 0 Å². The van der Waals surface area contributed by atoms with E-state index in [0.717, 1.165) is 35.9 Å². The van der Waals surface area contributed by atoms with Gasteiger partial charge >= 0.3 is 0 Å². The quantitative estimate of drug-likeness (QED) is 0.904. The molecule has 0 aliphatic heterocycles. The van der Waals surface area contributed by atoms with Gasteiger partial charge in [-0.05, 0) is 66.6 Å². The van der Waals surface area contributed by atoms with Gasteiger partial charge in [-0.3, -0.25) is 0 Å². The summed E-state index contributed by atoms with van der Waals surface area (Å²) in [4.78, 5) is 0. The number of hydrogen-bond donors (Lipinski definition) is 1. The minimum absolute atomic E-state index is 0.296. The van der Waals surface area contributed by atoms with Crippen LogP contribution < -0.4 is 10.5 Å². The van der Waals surface area contributed by atoms with Gasteiger partial charge in [0.2, 0.25) is 0 Å². The van der Waals surface area contributed by atoms with E-state index in [4.69, 9.17) is 10.5 Å². The van der Waals surface area contributed by atoms with Crippen molar-refractivity contribution in [2.75, 3.05) is 7.11 Å². The minimum Gasteiger partial charge on any atom is -0.497 e. The molecule has 2 nitrogen and oxygen atoms in total. The number of aryl methyl sites for hydroxylation is 1. The number of benzene rings is 2. The first kappa shape index (κ1) is 14.6. The maximum absolute atomic E-state index is 6.80. The molecule has 1 atom stereocenters. The highest BCUT2D eigenvalue weighted by atomic mass is 79.9. The third-order valence-corrected chi connectivity index (χ3v) is 4.88. The van der Waals surface area contributed by atoms with E-state index in [0.29, 0.717) is 0 Å². The van der Waals surface area contributed by atoms with Crippen LogP contribution in [-0.4, -0.2) is 7.11 Å². The number of fused-ring (bicyclic) bond motifs is 1. The Kier molecular flexibility index (Phi) is 4.05. The van der Waals surface area contributed by atoms with Crippen molar-refractivity contribution in [2.45, 2.75) is 31.2 Å². The lowest BCUT2D eigenvalue weighted by atomic mass is 9.74. The molecule has 1 aliphatic rings. The normalized spacial score (nSPS) is 20.9. The average Bonchev–Trinajstić information content (AvgIpc) is 2.50. The Labute approximate surface area is 134 Å². The summed E-state index contributed by atoms with van der Waals surface area (Å²) in [6.07, 6.45) is 4.13. The molecular weight excluding hydrogens is 326 g/mol. The second kappa shape index (κ2) is 5.82. The molecule has 2 aromatic rings. The summed E-state index contributed by atoms with van der Waals surface area (Å²) >= 11 is 3.48. The predicted molar refractivity (Wildman–Crippen MR) is 89.6 cm³/mol. The maximum atomic E-state index is 6.80. The largest absolute Gasteiger partial charge is 0.497 e. The molecule has 110 valence electrons. The van der Waals surface area contributed by atoms with E-state index in [9.17, 15) is 0 Å². The van der Waals surface area contributed by atoms with Crippen molar-refractivity contribution in [3.8, 4) is 5.75 Å². The molecule has 3 rings (SSSR count). The maximum Gasteiger partial charge on any atom is 0.119 e. The monoisotopic (exact) mass is 345 g/mol. The van der Waals surface area contributed by atoms with E-state index < -0.39 is 0 Å². The van der Waals surface area contributed by atoms with Crippen LogP contribution in [0.15, 0.2) is 46.9 Å². The van der Waals surface area contributed by atoms with Crippen molar-refractivity contribution in [3.05, 3.63) is 63.6 Å². The van der Waals surface area contributed by atoms with E-state index in [1.807, 2.05) is 6.07 Å². The summed E-state index contributed by atoms with van der Waals surface area (Å²) in [7, 11) is 1.71. The van der Waals surface area contributed by atoms with E-state index in [1.165, 1.54) is 16.7 Å². The first-order valence-corrected chi connectivity index (χ1v) is 8.11. The Morgan fingerprint density at radius 3 is 2.67 bits per heavy atom. The fraction of sp³-hybridized carbons (Fsp3) is 0.333. The number of methoxy groups -OCH3 is 1. The van der Waals surface area contributed by atoms with Gasteiger partial charge in [-0.25, -0.2) is 0 Å². The number of nitrogens with two attached hydrogens (primary N) is 1. The molecule has 21 heavy (non-hydrogen) atoms. The third kappa shape index (κ3) is 2.99. The standard InChI is InChI=1S/C18H20BrNO/c1-21-16-9-6-14-3-2-10-18(20,17(14)11-16)12-13-4-7-15(19)8-5-13/h4-9,11H,2-3,10,12,20H2,1H3. The van der Waals surface area contributed by atoms with Crippen molar-refractivity contribution in [3.63, 3.8) is 0 Å². The Bertz CT molecular complexity index is 638. The average molecular weight is 346 g/mol. The van der Waals surface area contributed by atoms with Crippen molar-refractivity contribution < 1.29 is 4.74 Å². The topological polar surface area (TPSA) is 35.2 Å². The van der Waals surface area contributed by atoms with Crippen LogP contribution in [-0.2, 0) is 18.4 Å². The number of hydrogen-bond acceptors (Lipinski definition) is 2. The summed E-state index contributed by atoms with van der Waals surface area (Å²) in [6.45, 7) is 0. The Balaban J connectivity index is 1.96. The van der Waals surface area contributed by atoms with Gasteiger partial charge in [0, 0.05) is 10.0 Å². The SMILES string of the molecule is COc1ccc2c(c1)C(N)(Cc1ccc(Br)cc1)CCC2. The lowest BCUT2D eigenvalue weighted by Gasteiger charge is -2.36. The highest BCUT2D eigenvalue weighted by Gasteiger charge is 2.33. The molecule has 0 saturated carbocycles. The summed E-state index contributed by atoms with van der Waals surface area (Å²) < 4.78 is 6.48. The van der Waals surface area contributed by atoms with Crippen LogP contribution in [0.1, 0.15) is 29.5 Å². The molecule has 1 aliphatic carbocycles. The minimum atomic E-state index is -0.296. The molecule has 0 amide bonds. The molecule has 0 heterocycles.